The summed E-state index contributed by atoms with van der Waals surface area (Å²) in [6, 6.07) is 1.47. The van der Waals surface area contributed by atoms with E-state index in [0.29, 0.717) is 12.1 Å². The van der Waals surface area contributed by atoms with Gasteiger partial charge in [-0.15, -0.1) is 0 Å². The van der Waals surface area contributed by atoms with Gasteiger partial charge in [0, 0.05) is 18.7 Å². The summed E-state index contributed by atoms with van der Waals surface area (Å²) in [5.41, 5.74) is 0. The van der Waals surface area contributed by atoms with Gasteiger partial charge < -0.3 is 10.1 Å². The first-order chi connectivity index (χ1) is 8.70. The highest BCUT2D eigenvalue weighted by Crippen LogP contribution is 2.31. The van der Waals surface area contributed by atoms with Crippen molar-refractivity contribution in [1.29, 1.82) is 0 Å². The fourth-order valence-electron chi connectivity index (χ4n) is 3.78. The van der Waals surface area contributed by atoms with E-state index in [0.717, 1.165) is 30.9 Å². The Bertz CT molecular complexity index is 241. The van der Waals surface area contributed by atoms with Crippen LogP contribution in [0.1, 0.15) is 65.7 Å². The topological polar surface area (TPSA) is 21.3 Å². The second-order valence-corrected chi connectivity index (χ2v) is 6.59. The van der Waals surface area contributed by atoms with Crippen LogP contribution < -0.4 is 5.32 Å². The van der Waals surface area contributed by atoms with Crippen LogP contribution in [0.4, 0.5) is 0 Å². The Morgan fingerprint density at radius 3 is 2.67 bits per heavy atom. The van der Waals surface area contributed by atoms with Crippen molar-refractivity contribution in [1.82, 2.24) is 5.32 Å². The molecule has 2 heteroatoms. The molecule has 106 valence electrons. The summed E-state index contributed by atoms with van der Waals surface area (Å²) in [5, 5.41) is 3.97. The predicted molar refractivity (Wildman–Crippen MR) is 76.8 cm³/mol. The molecule has 0 aromatic carbocycles. The van der Waals surface area contributed by atoms with E-state index in [2.05, 4.69) is 26.1 Å². The Morgan fingerprint density at radius 2 is 1.94 bits per heavy atom. The number of rotatable bonds is 4. The quantitative estimate of drug-likeness (QED) is 0.824. The lowest BCUT2D eigenvalue weighted by atomic mass is 9.77. The molecule has 0 radical (unpaired) electrons. The molecule has 1 aliphatic carbocycles. The van der Waals surface area contributed by atoms with Crippen molar-refractivity contribution >= 4 is 0 Å². The Kier molecular flexibility index (Phi) is 5.50. The third-order valence-electron chi connectivity index (χ3n) is 4.95. The molecule has 0 spiro atoms. The minimum absolute atomic E-state index is 0.498. The summed E-state index contributed by atoms with van der Waals surface area (Å²) >= 11 is 0. The fourth-order valence-corrected chi connectivity index (χ4v) is 3.78. The minimum Gasteiger partial charge on any atom is -0.378 e. The summed E-state index contributed by atoms with van der Waals surface area (Å²) in [7, 11) is 0. The Morgan fingerprint density at radius 1 is 1.17 bits per heavy atom. The standard InChI is InChI=1S/C16H31NO/c1-4-14-11-13(9-10-18-14)17-16-8-6-5-7-15(16)12(2)3/h12-17H,4-11H2,1-3H3. The zero-order valence-electron chi connectivity index (χ0n) is 12.5. The highest BCUT2D eigenvalue weighted by atomic mass is 16.5. The van der Waals surface area contributed by atoms with Gasteiger partial charge in [-0.3, -0.25) is 0 Å². The minimum atomic E-state index is 0.498. The fraction of sp³-hybridized carbons (Fsp3) is 1.00. The van der Waals surface area contributed by atoms with Gasteiger partial charge in [0.15, 0.2) is 0 Å². The van der Waals surface area contributed by atoms with Crippen LogP contribution in [-0.4, -0.2) is 24.8 Å². The monoisotopic (exact) mass is 253 g/mol. The molecule has 1 aliphatic heterocycles. The molecule has 1 heterocycles. The smallest absolute Gasteiger partial charge is 0.0587 e. The predicted octanol–water partition coefficient (Wildman–Crippen LogP) is 3.75. The number of nitrogens with one attached hydrogen (secondary N) is 1. The molecule has 2 nitrogen and oxygen atoms in total. The maximum atomic E-state index is 5.78. The second kappa shape index (κ2) is 6.91. The van der Waals surface area contributed by atoms with Crippen LogP contribution in [0.3, 0.4) is 0 Å². The van der Waals surface area contributed by atoms with Gasteiger partial charge in [0.05, 0.1) is 6.10 Å². The molecule has 1 saturated carbocycles. The van der Waals surface area contributed by atoms with Gasteiger partial charge >= 0.3 is 0 Å². The van der Waals surface area contributed by atoms with Crippen molar-refractivity contribution in [3.05, 3.63) is 0 Å². The second-order valence-electron chi connectivity index (χ2n) is 6.59. The largest absolute Gasteiger partial charge is 0.378 e. The highest BCUT2D eigenvalue weighted by Gasteiger charge is 2.30. The van der Waals surface area contributed by atoms with Gasteiger partial charge in [-0.05, 0) is 43.9 Å². The molecule has 1 saturated heterocycles. The summed E-state index contributed by atoms with van der Waals surface area (Å²) < 4.78 is 5.78. The zero-order valence-corrected chi connectivity index (χ0v) is 12.5. The molecular formula is C16H31NO. The van der Waals surface area contributed by atoms with E-state index in [4.69, 9.17) is 4.74 Å². The lowest BCUT2D eigenvalue weighted by Crippen LogP contribution is -2.49. The van der Waals surface area contributed by atoms with E-state index in [-0.39, 0.29) is 0 Å². The number of hydrogen-bond acceptors (Lipinski definition) is 2. The average Bonchev–Trinajstić information content (AvgIpc) is 2.39. The number of ether oxygens (including phenoxy) is 1. The Hall–Kier alpha value is -0.0800. The third kappa shape index (κ3) is 3.71. The number of hydrogen-bond donors (Lipinski definition) is 1. The summed E-state index contributed by atoms with van der Waals surface area (Å²) in [4.78, 5) is 0. The van der Waals surface area contributed by atoms with Crippen molar-refractivity contribution in [3.8, 4) is 0 Å². The molecule has 0 aromatic heterocycles. The molecule has 18 heavy (non-hydrogen) atoms. The summed E-state index contributed by atoms with van der Waals surface area (Å²) in [6.45, 7) is 7.98. The van der Waals surface area contributed by atoms with Crippen molar-refractivity contribution in [2.24, 2.45) is 11.8 Å². The van der Waals surface area contributed by atoms with Gasteiger partial charge in [0.2, 0.25) is 0 Å². The van der Waals surface area contributed by atoms with Crippen LogP contribution in [0.15, 0.2) is 0 Å². The molecule has 0 aromatic rings. The van der Waals surface area contributed by atoms with E-state index in [1.165, 1.54) is 38.5 Å². The highest BCUT2D eigenvalue weighted by molar-refractivity contribution is 4.87. The summed E-state index contributed by atoms with van der Waals surface area (Å²) in [6.07, 6.45) is 9.75. The first kappa shape index (κ1) is 14.3. The zero-order chi connectivity index (χ0) is 13.0. The van der Waals surface area contributed by atoms with E-state index >= 15 is 0 Å². The van der Waals surface area contributed by atoms with E-state index in [1.807, 2.05) is 0 Å². The van der Waals surface area contributed by atoms with Gasteiger partial charge in [0.25, 0.3) is 0 Å². The SMILES string of the molecule is CCC1CC(NC2CCCCC2C(C)C)CCO1. The van der Waals surface area contributed by atoms with Gasteiger partial charge in [0.1, 0.15) is 0 Å². The van der Waals surface area contributed by atoms with Crippen LogP contribution >= 0.6 is 0 Å². The maximum absolute atomic E-state index is 5.78. The van der Waals surface area contributed by atoms with Crippen molar-refractivity contribution in [3.63, 3.8) is 0 Å². The molecule has 2 rings (SSSR count). The van der Waals surface area contributed by atoms with Gasteiger partial charge in [-0.1, -0.05) is 33.6 Å². The molecule has 0 amide bonds. The Labute approximate surface area is 113 Å². The van der Waals surface area contributed by atoms with Crippen molar-refractivity contribution in [2.45, 2.75) is 83.9 Å². The average molecular weight is 253 g/mol. The van der Waals surface area contributed by atoms with Crippen LogP contribution in [0.25, 0.3) is 0 Å². The van der Waals surface area contributed by atoms with Gasteiger partial charge in [-0.2, -0.15) is 0 Å². The normalized spacial score (nSPS) is 38.0. The first-order valence-electron chi connectivity index (χ1n) is 8.08. The molecule has 4 atom stereocenters. The molecule has 4 unspecified atom stereocenters. The lowest BCUT2D eigenvalue weighted by molar-refractivity contribution is -0.00528. The molecule has 2 fully saturated rings. The van der Waals surface area contributed by atoms with Crippen LogP contribution in [0.5, 0.6) is 0 Å². The Balaban J connectivity index is 1.86. The maximum Gasteiger partial charge on any atom is 0.0587 e. The third-order valence-corrected chi connectivity index (χ3v) is 4.95. The molecule has 1 N–H and O–H groups in total. The first-order valence-corrected chi connectivity index (χ1v) is 8.08. The van der Waals surface area contributed by atoms with E-state index < -0.39 is 0 Å². The van der Waals surface area contributed by atoms with E-state index in [1.54, 1.807) is 0 Å². The van der Waals surface area contributed by atoms with Crippen molar-refractivity contribution in [2.75, 3.05) is 6.61 Å². The van der Waals surface area contributed by atoms with Gasteiger partial charge in [-0.25, -0.2) is 0 Å². The van der Waals surface area contributed by atoms with Crippen molar-refractivity contribution < 1.29 is 4.74 Å². The molecule has 0 bridgehead atoms. The van der Waals surface area contributed by atoms with Crippen LogP contribution in [0, 0.1) is 11.8 Å². The lowest BCUT2D eigenvalue weighted by Gasteiger charge is -2.39. The summed E-state index contributed by atoms with van der Waals surface area (Å²) in [5.74, 6) is 1.71. The van der Waals surface area contributed by atoms with Crippen LogP contribution in [-0.2, 0) is 4.74 Å². The molecule has 2 aliphatic rings. The van der Waals surface area contributed by atoms with Crippen LogP contribution in [0.2, 0.25) is 0 Å². The molecular weight excluding hydrogens is 222 g/mol. The van der Waals surface area contributed by atoms with E-state index in [9.17, 15) is 0 Å².